The predicted molar refractivity (Wildman–Crippen MR) is 78.6 cm³/mol. The lowest BCUT2D eigenvalue weighted by molar-refractivity contribution is 0.0911. The third-order valence-electron chi connectivity index (χ3n) is 2.81. The molecule has 4 heteroatoms. The molecule has 1 N–H and O–H groups in total. The van der Waals surface area contributed by atoms with Gasteiger partial charge in [-0.2, -0.15) is 0 Å². The molecule has 1 atom stereocenters. The Bertz CT molecular complexity index is 536. The maximum atomic E-state index is 12.0. The van der Waals surface area contributed by atoms with Gasteiger partial charge in [0.2, 0.25) is 0 Å². The highest BCUT2D eigenvalue weighted by molar-refractivity contribution is 9.09. The third-order valence-corrected chi connectivity index (χ3v) is 3.59. The Hall–Kier alpha value is -1.55. The first-order chi connectivity index (χ1) is 9.19. The molecule has 3 nitrogen and oxygen atoms in total. The Morgan fingerprint density at radius 2 is 2.00 bits per heavy atom. The number of hydrogen-bond donors (Lipinski definition) is 1. The molecule has 0 aliphatic heterocycles. The van der Waals surface area contributed by atoms with Gasteiger partial charge in [-0.15, -0.1) is 0 Å². The van der Waals surface area contributed by atoms with E-state index in [0.717, 1.165) is 12.2 Å². The van der Waals surface area contributed by atoms with Crippen molar-refractivity contribution < 1.29 is 9.21 Å². The van der Waals surface area contributed by atoms with Crippen molar-refractivity contribution in [3.8, 4) is 0 Å². The lowest BCUT2D eigenvalue weighted by Crippen LogP contribution is -2.37. The van der Waals surface area contributed by atoms with Crippen molar-refractivity contribution in [2.75, 3.05) is 5.33 Å². The van der Waals surface area contributed by atoms with Crippen LogP contribution in [-0.2, 0) is 6.42 Å². The molecule has 0 aliphatic carbocycles. The first-order valence-corrected chi connectivity index (χ1v) is 7.28. The van der Waals surface area contributed by atoms with Crippen molar-refractivity contribution in [3.05, 3.63) is 59.5 Å². The SMILES string of the molecule is Cc1ccc(C(=O)NC(CBr)Cc2ccccc2)o1. The van der Waals surface area contributed by atoms with Gasteiger partial charge in [0.25, 0.3) is 5.91 Å². The molecule has 0 aliphatic rings. The lowest BCUT2D eigenvalue weighted by atomic mass is 10.1. The van der Waals surface area contributed by atoms with Gasteiger partial charge in [0.1, 0.15) is 5.76 Å². The smallest absolute Gasteiger partial charge is 0.287 e. The molecule has 19 heavy (non-hydrogen) atoms. The van der Waals surface area contributed by atoms with Gasteiger partial charge in [-0.05, 0) is 31.0 Å². The number of furan rings is 1. The zero-order valence-corrected chi connectivity index (χ0v) is 12.3. The molecule has 2 rings (SSSR count). The summed E-state index contributed by atoms with van der Waals surface area (Å²) in [4.78, 5) is 12.0. The van der Waals surface area contributed by atoms with Gasteiger partial charge >= 0.3 is 0 Å². The minimum atomic E-state index is -0.173. The van der Waals surface area contributed by atoms with Crippen LogP contribution < -0.4 is 5.32 Å². The van der Waals surface area contributed by atoms with Crippen LogP contribution >= 0.6 is 15.9 Å². The summed E-state index contributed by atoms with van der Waals surface area (Å²) in [7, 11) is 0. The second kappa shape index (κ2) is 6.57. The summed E-state index contributed by atoms with van der Waals surface area (Å²) < 4.78 is 5.31. The van der Waals surface area contributed by atoms with Crippen molar-refractivity contribution in [3.63, 3.8) is 0 Å². The van der Waals surface area contributed by atoms with E-state index in [-0.39, 0.29) is 11.9 Å². The number of aryl methyl sites for hydroxylation is 1. The van der Waals surface area contributed by atoms with Crippen molar-refractivity contribution in [2.45, 2.75) is 19.4 Å². The van der Waals surface area contributed by atoms with Gasteiger partial charge in [0, 0.05) is 11.4 Å². The summed E-state index contributed by atoms with van der Waals surface area (Å²) in [5, 5.41) is 3.67. The maximum Gasteiger partial charge on any atom is 0.287 e. The summed E-state index contributed by atoms with van der Waals surface area (Å²) >= 11 is 3.43. The number of halogens is 1. The van der Waals surface area contributed by atoms with E-state index >= 15 is 0 Å². The summed E-state index contributed by atoms with van der Waals surface area (Å²) in [5.74, 6) is 0.925. The molecule has 1 aromatic heterocycles. The Labute approximate surface area is 121 Å². The Morgan fingerprint density at radius 3 is 2.58 bits per heavy atom. The van der Waals surface area contributed by atoms with Crippen molar-refractivity contribution in [1.82, 2.24) is 5.32 Å². The zero-order chi connectivity index (χ0) is 13.7. The summed E-state index contributed by atoms with van der Waals surface area (Å²) in [5.41, 5.74) is 1.20. The Balaban J connectivity index is 1.97. The van der Waals surface area contributed by atoms with Crippen molar-refractivity contribution >= 4 is 21.8 Å². The third kappa shape index (κ3) is 3.96. The van der Waals surface area contributed by atoms with Crippen LogP contribution in [0.1, 0.15) is 21.9 Å². The maximum absolute atomic E-state index is 12.0. The molecule has 0 spiro atoms. The second-order valence-corrected chi connectivity index (χ2v) is 5.07. The monoisotopic (exact) mass is 321 g/mol. The molecule has 1 heterocycles. The summed E-state index contributed by atoms with van der Waals surface area (Å²) in [6, 6.07) is 13.6. The fraction of sp³-hybridized carbons (Fsp3) is 0.267. The van der Waals surface area contributed by atoms with Crippen LogP contribution in [0.25, 0.3) is 0 Å². The number of rotatable bonds is 5. The number of amides is 1. The number of carbonyl (C=O) groups is 1. The fourth-order valence-corrected chi connectivity index (χ4v) is 2.25. The number of benzene rings is 1. The molecule has 0 saturated heterocycles. The van der Waals surface area contributed by atoms with Crippen LogP contribution in [-0.4, -0.2) is 17.3 Å². The van der Waals surface area contributed by atoms with Gasteiger partial charge in [-0.1, -0.05) is 46.3 Å². The van der Waals surface area contributed by atoms with E-state index < -0.39 is 0 Å². The highest BCUT2D eigenvalue weighted by atomic mass is 79.9. The van der Waals surface area contributed by atoms with Gasteiger partial charge in [0.15, 0.2) is 5.76 Å². The van der Waals surface area contributed by atoms with E-state index in [1.54, 1.807) is 12.1 Å². The molecular weight excluding hydrogens is 306 g/mol. The number of hydrogen-bond acceptors (Lipinski definition) is 2. The quantitative estimate of drug-likeness (QED) is 0.858. The van der Waals surface area contributed by atoms with Crippen LogP contribution in [0.3, 0.4) is 0 Å². The topological polar surface area (TPSA) is 42.2 Å². The van der Waals surface area contributed by atoms with Crippen LogP contribution in [0.15, 0.2) is 46.9 Å². The number of nitrogens with one attached hydrogen (secondary N) is 1. The number of carbonyl (C=O) groups excluding carboxylic acids is 1. The van der Waals surface area contributed by atoms with Crippen LogP contribution in [0.4, 0.5) is 0 Å². The molecule has 0 bridgehead atoms. The predicted octanol–water partition coefficient (Wildman–Crippen LogP) is 3.32. The minimum Gasteiger partial charge on any atom is -0.456 e. The van der Waals surface area contributed by atoms with Crippen LogP contribution in [0.2, 0.25) is 0 Å². The van der Waals surface area contributed by atoms with E-state index in [0.29, 0.717) is 11.1 Å². The molecule has 100 valence electrons. The first-order valence-electron chi connectivity index (χ1n) is 6.16. The molecule has 1 unspecified atom stereocenters. The number of alkyl halides is 1. The van der Waals surface area contributed by atoms with E-state index in [4.69, 9.17) is 4.42 Å². The summed E-state index contributed by atoms with van der Waals surface area (Å²) in [6.45, 7) is 1.82. The minimum absolute atomic E-state index is 0.0420. The Morgan fingerprint density at radius 1 is 1.26 bits per heavy atom. The van der Waals surface area contributed by atoms with Crippen LogP contribution in [0, 0.1) is 6.92 Å². The lowest BCUT2D eigenvalue weighted by Gasteiger charge is -2.15. The van der Waals surface area contributed by atoms with E-state index in [9.17, 15) is 4.79 Å². The standard InChI is InChI=1S/C15H16BrNO2/c1-11-7-8-14(19-11)15(18)17-13(10-16)9-12-5-3-2-4-6-12/h2-8,13H,9-10H2,1H3,(H,17,18). The first kappa shape index (κ1) is 13.9. The molecule has 1 amide bonds. The molecule has 0 saturated carbocycles. The average molecular weight is 322 g/mol. The van der Waals surface area contributed by atoms with Gasteiger partial charge in [-0.25, -0.2) is 0 Å². The molecule has 0 radical (unpaired) electrons. The van der Waals surface area contributed by atoms with Gasteiger partial charge in [-0.3, -0.25) is 4.79 Å². The molecule has 2 aromatic rings. The summed E-state index contributed by atoms with van der Waals surface area (Å²) in [6.07, 6.45) is 0.789. The van der Waals surface area contributed by atoms with E-state index in [2.05, 4.69) is 33.4 Å². The van der Waals surface area contributed by atoms with E-state index in [1.165, 1.54) is 5.56 Å². The molecule has 0 fully saturated rings. The largest absolute Gasteiger partial charge is 0.456 e. The molecule has 1 aromatic carbocycles. The highest BCUT2D eigenvalue weighted by Gasteiger charge is 2.15. The fourth-order valence-electron chi connectivity index (χ4n) is 1.86. The zero-order valence-electron chi connectivity index (χ0n) is 10.7. The van der Waals surface area contributed by atoms with Crippen molar-refractivity contribution in [1.29, 1.82) is 0 Å². The van der Waals surface area contributed by atoms with Gasteiger partial charge in [0.05, 0.1) is 0 Å². The average Bonchev–Trinajstić information content (AvgIpc) is 2.86. The van der Waals surface area contributed by atoms with E-state index in [1.807, 2.05) is 25.1 Å². The Kier molecular flexibility index (Phi) is 4.80. The van der Waals surface area contributed by atoms with Crippen LogP contribution in [0.5, 0.6) is 0 Å². The second-order valence-electron chi connectivity index (χ2n) is 4.42. The molecular formula is C15H16BrNO2. The van der Waals surface area contributed by atoms with Gasteiger partial charge < -0.3 is 9.73 Å². The normalized spacial score (nSPS) is 12.1. The highest BCUT2D eigenvalue weighted by Crippen LogP contribution is 2.09. The van der Waals surface area contributed by atoms with Crippen molar-refractivity contribution in [2.24, 2.45) is 0 Å².